The van der Waals surface area contributed by atoms with Gasteiger partial charge in [0.05, 0.1) is 11.0 Å². The molecule has 1 aromatic heterocycles. The summed E-state index contributed by atoms with van der Waals surface area (Å²) in [5.74, 6) is 0.720. The van der Waals surface area contributed by atoms with Gasteiger partial charge < -0.3 is 10.1 Å². The van der Waals surface area contributed by atoms with Crippen molar-refractivity contribution in [2.45, 2.75) is 40.2 Å². The Labute approximate surface area is 112 Å². The van der Waals surface area contributed by atoms with Crippen LogP contribution >= 0.6 is 0 Å². The molecule has 19 heavy (non-hydrogen) atoms. The number of nitrogens with one attached hydrogen (secondary N) is 1. The maximum Gasteiger partial charge on any atom is 0.372 e. The van der Waals surface area contributed by atoms with Crippen LogP contribution in [0.25, 0.3) is 0 Å². The molecule has 0 aromatic carbocycles. The predicted molar refractivity (Wildman–Crippen MR) is 72.4 cm³/mol. The second-order valence-corrected chi connectivity index (χ2v) is 4.91. The van der Waals surface area contributed by atoms with Crippen LogP contribution in [-0.4, -0.2) is 27.5 Å². The highest BCUT2D eigenvalue weighted by atomic mass is 16.6. The van der Waals surface area contributed by atoms with Gasteiger partial charge >= 0.3 is 5.69 Å². The van der Waals surface area contributed by atoms with Crippen LogP contribution in [0.2, 0.25) is 0 Å². The Bertz CT molecular complexity index is 435. The van der Waals surface area contributed by atoms with Crippen LogP contribution in [0, 0.1) is 16.0 Å². The first-order valence-electron chi connectivity index (χ1n) is 6.31. The number of nitrogens with zero attached hydrogens (tertiary/aromatic N) is 3. The van der Waals surface area contributed by atoms with E-state index in [9.17, 15) is 10.1 Å². The molecule has 1 rings (SSSR count). The Kier molecular flexibility index (Phi) is 5.47. The minimum absolute atomic E-state index is 0.00190. The number of hydrogen-bond donors (Lipinski definition) is 1. The third kappa shape index (κ3) is 4.69. The molecule has 0 aliphatic rings. The molecule has 1 N–H and O–H groups in total. The second kappa shape index (κ2) is 6.86. The number of hydrogen-bond acceptors (Lipinski definition) is 6. The van der Waals surface area contributed by atoms with Gasteiger partial charge in [-0.25, -0.2) is 4.98 Å². The van der Waals surface area contributed by atoms with Crippen LogP contribution in [0.1, 0.15) is 34.1 Å². The van der Waals surface area contributed by atoms with E-state index >= 15 is 0 Å². The largest absolute Gasteiger partial charge is 0.470 e. The molecule has 0 atom stereocenters. The summed E-state index contributed by atoms with van der Waals surface area (Å²) in [5.41, 5.74) is -0.208. The van der Waals surface area contributed by atoms with Crippen molar-refractivity contribution >= 4 is 11.5 Å². The van der Waals surface area contributed by atoms with Crippen molar-refractivity contribution in [3.63, 3.8) is 0 Å². The van der Waals surface area contributed by atoms with Crippen LogP contribution in [0.3, 0.4) is 0 Å². The summed E-state index contributed by atoms with van der Waals surface area (Å²) in [6, 6.07) is 0. The Balaban J connectivity index is 2.93. The summed E-state index contributed by atoms with van der Waals surface area (Å²) in [6.45, 7) is 8.37. The lowest BCUT2D eigenvalue weighted by molar-refractivity contribution is -0.385. The van der Waals surface area contributed by atoms with Crippen LogP contribution in [0.15, 0.2) is 6.33 Å². The maximum atomic E-state index is 11.1. The minimum Gasteiger partial charge on any atom is -0.470 e. The molecule has 1 aromatic rings. The van der Waals surface area contributed by atoms with E-state index in [-0.39, 0.29) is 23.5 Å². The molecule has 0 amide bonds. The molecule has 0 radical (unpaired) electrons. The maximum absolute atomic E-state index is 11.1. The van der Waals surface area contributed by atoms with Crippen molar-refractivity contribution in [2.75, 3.05) is 11.9 Å². The zero-order valence-corrected chi connectivity index (χ0v) is 11.7. The highest BCUT2D eigenvalue weighted by molar-refractivity contribution is 5.61. The van der Waals surface area contributed by atoms with Gasteiger partial charge in [-0.15, -0.1) is 0 Å². The molecule has 0 unspecified atom stereocenters. The van der Waals surface area contributed by atoms with E-state index in [1.54, 1.807) is 13.8 Å². The number of anilines is 1. The van der Waals surface area contributed by atoms with Gasteiger partial charge in [0.15, 0.2) is 0 Å². The molecule has 0 saturated heterocycles. The minimum atomic E-state index is -0.518. The second-order valence-electron chi connectivity index (χ2n) is 4.91. The molecule has 0 aliphatic heterocycles. The van der Waals surface area contributed by atoms with E-state index in [1.807, 2.05) is 0 Å². The molecule has 0 spiro atoms. The molecular weight excluding hydrogens is 248 g/mol. The molecule has 106 valence electrons. The molecule has 0 saturated carbocycles. The van der Waals surface area contributed by atoms with E-state index < -0.39 is 4.92 Å². The molecule has 0 fully saturated rings. The van der Waals surface area contributed by atoms with Gasteiger partial charge in [0, 0.05) is 6.54 Å². The van der Waals surface area contributed by atoms with Crippen LogP contribution in [0.4, 0.5) is 11.5 Å². The Morgan fingerprint density at radius 2 is 2.05 bits per heavy atom. The van der Waals surface area contributed by atoms with E-state index in [0.717, 1.165) is 6.42 Å². The van der Waals surface area contributed by atoms with Crippen LogP contribution in [0.5, 0.6) is 5.88 Å². The Morgan fingerprint density at radius 1 is 1.37 bits per heavy atom. The van der Waals surface area contributed by atoms with Crippen molar-refractivity contribution in [3.8, 4) is 5.88 Å². The van der Waals surface area contributed by atoms with Crippen LogP contribution < -0.4 is 10.1 Å². The molecule has 1 heterocycles. The van der Waals surface area contributed by atoms with Gasteiger partial charge in [-0.1, -0.05) is 13.8 Å². The Hall–Kier alpha value is -1.92. The van der Waals surface area contributed by atoms with Crippen molar-refractivity contribution in [1.29, 1.82) is 0 Å². The standard InChI is InChI=1S/C12H20N4O3/c1-8(2)5-6-13-11-10(16(17)18)12(15-7-14-11)19-9(3)4/h7-9H,5-6H2,1-4H3,(H,13,14,15). The summed E-state index contributed by atoms with van der Waals surface area (Å²) in [4.78, 5) is 18.4. The van der Waals surface area contributed by atoms with Crippen molar-refractivity contribution in [1.82, 2.24) is 9.97 Å². The van der Waals surface area contributed by atoms with Gasteiger partial charge in [0.2, 0.25) is 5.82 Å². The van der Waals surface area contributed by atoms with Gasteiger partial charge in [0.1, 0.15) is 6.33 Å². The molecular formula is C12H20N4O3. The monoisotopic (exact) mass is 268 g/mol. The quantitative estimate of drug-likeness (QED) is 0.604. The smallest absolute Gasteiger partial charge is 0.372 e. The predicted octanol–water partition coefficient (Wildman–Crippen LogP) is 2.63. The summed E-state index contributed by atoms with van der Waals surface area (Å²) < 4.78 is 5.34. The lowest BCUT2D eigenvalue weighted by atomic mass is 10.1. The van der Waals surface area contributed by atoms with Crippen molar-refractivity contribution < 1.29 is 9.66 Å². The first-order chi connectivity index (χ1) is 8.91. The molecule has 7 heteroatoms. The number of aromatic nitrogens is 2. The van der Waals surface area contributed by atoms with Gasteiger partial charge in [-0.2, -0.15) is 4.98 Å². The fourth-order valence-corrected chi connectivity index (χ4v) is 1.45. The fourth-order valence-electron chi connectivity index (χ4n) is 1.45. The zero-order chi connectivity index (χ0) is 14.4. The number of ether oxygens (including phenoxy) is 1. The summed E-state index contributed by atoms with van der Waals surface area (Å²) in [6.07, 6.45) is 1.99. The lowest BCUT2D eigenvalue weighted by Gasteiger charge is -2.11. The van der Waals surface area contributed by atoms with Crippen LogP contribution in [-0.2, 0) is 0 Å². The Morgan fingerprint density at radius 3 is 2.58 bits per heavy atom. The van der Waals surface area contributed by atoms with Gasteiger partial charge in [0.25, 0.3) is 5.88 Å². The third-order valence-corrected chi connectivity index (χ3v) is 2.33. The number of nitro groups is 1. The average Bonchev–Trinajstić information content (AvgIpc) is 2.27. The summed E-state index contributed by atoms with van der Waals surface area (Å²) >= 11 is 0. The summed E-state index contributed by atoms with van der Waals surface area (Å²) in [5, 5.41) is 14.1. The normalized spacial score (nSPS) is 10.8. The SMILES string of the molecule is CC(C)CCNc1ncnc(OC(C)C)c1[N+](=O)[O-]. The van der Waals surface area contributed by atoms with Gasteiger partial charge in [-0.05, 0) is 26.2 Å². The van der Waals surface area contributed by atoms with E-state index in [0.29, 0.717) is 12.5 Å². The highest BCUT2D eigenvalue weighted by Crippen LogP contribution is 2.31. The lowest BCUT2D eigenvalue weighted by Crippen LogP contribution is -2.13. The zero-order valence-electron chi connectivity index (χ0n) is 11.7. The molecule has 0 aliphatic carbocycles. The summed E-state index contributed by atoms with van der Waals surface area (Å²) in [7, 11) is 0. The van der Waals surface area contributed by atoms with E-state index in [1.165, 1.54) is 6.33 Å². The fraction of sp³-hybridized carbons (Fsp3) is 0.667. The van der Waals surface area contributed by atoms with E-state index in [2.05, 4.69) is 29.1 Å². The van der Waals surface area contributed by atoms with E-state index in [4.69, 9.17) is 4.74 Å². The highest BCUT2D eigenvalue weighted by Gasteiger charge is 2.24. The molecule has 7 nitrogen and oxygen atoms in total. The van der Waals surface area contributed by atoms with Gasteiger partial charge in [-0.3, -0.25) is 10.1 Å². The van der Waals surface area contributed by atoms with Crippen molar-refractivity contribution in [2.24, 2.45) is 5.92 Å². The first-order valence-corrected chi connectivity index (χ1v) is 6.31. The topological polar surface area (TPSA) is 90.2 Å². The first kappa shape index (κ1) is 15.1. The van der Waals surface area contributed by atoms with Crippen molar-refractivity contribution in [3.05, 3.63) is 16.4 Å². The average molecular weight is 268 g/mol. The third-order valence-electron chi connectivity index (χ3n) is 2.33. The number of rotatable bonds is 7. The molecule has 0 bridgehead atoms.